The largest absolute Gasteiger partial charge is 0.493 e. The average Bonchev–Trinajstić information content (AvgIpc) is 3.11. The van der Waals surface area contributed by atoms with Gasteiger partial charge in [-0.1, -0.05) is 23.7 Å². The van der Waals surface area contributed by atoms with Crippen LogP contribution < -0.4 is 19.9 Å². The Bertz CT molecular complexity index is 1230. The lowest BCUT2D eigenvalue weighted by atomic mass is 9.84. The molecule has 158 valence electrons. The molecule has 0 saturated heterocycles. The number of nitrogens with two attached hydrogens (primary N) is 1. The molecule has 0 unspecified atom stereocenters. The molecular weight excluding hydrogens is 423 g/mol. The molecule has 0 radical (unpaired) electrons. The predicted molar refractivity (Wildman–Crippen MR) is 111 cm³/mol. The number of nitriles is 1. The molecule has 2 aromatic carbocycles. The third-order valence-corrected chi connectivity index (χ3v) is 5.27. The molecule has 0 bridgehead atoms. The van der Waals surface area contributed by atoms with Gasteiger partial charge in [0.2, 0.25) is 11.8 Å². The van der Waals surface area contributed by atoms with Crippen LogP contribution in [-0.4, -0.2) is 17.3 Å². The van der Waals surface area contributed by atoms with Crippen molar-refractivity contribution >= 4 is 11.6 Å². The molecular formula is C22H18ClFN4O3. The lowest BCUT2D eigenvalue weighted by Gasteiger charge is -2.24. The number of aromatic amines is 1. The summed E-state index contributed by atoms with van der Waals surface area (Å²) >= 11 is 6.53. The van der Waals surface area contributed by atoms with Gasteiger partial charge in [0.25, 0.3) is 0 Å². The van der Waals surface area contributed by atoms with E-state index >= 15 is 0 Å². The van der Waals surface area contributed by atoms with E-state index in [9.17, 15) is 9.65 Å². The summed E-state index contributed by atoms with van der Waals surface area (Å²) in [5.74, 6) is 0.0613. The van der Waals surface area contributed by atoms with E-state index in [4.69, 9.17) is 31.5 Å². The maximum Gasteiger partial charge on any atom is 0.244 e. The van der Waals surface area contributed by atoms with Crippen molar-refractivity contribution < 1.29 is 18.6 Å². The number of hydrogen-bond acceptors (Lipinski definition) is 6. The second-order valence-corrected chi connectivity index (χ2v) is 7.35. The summed E-state index contributed by atoms with van der Waals surface area (Å²) in [5, 5.41) is 17.0. The van der Waals surface area contributed by atoms with Crippen molar-refractivity contribution in [3.63, 3.8) is 0 Å². The van der Waals surface area contributed by atoms with E-state index in [0.29, 0.717) is 34.1 Å². The Morgan fingerprint density at radius 2 is 2.16 bits per heavy atom. The fourth-order valence-electron chi connectivity index (χ4n) is 3.56. The number of rotatable bonds is 5. The van der Waals surface area contributed by atoms with Gasteiger partial charge in [0, 0.05) is 11.3 Å². The first-order chi connectivity index (χ1) is 14.9. The van der Waals surface area contributed by atoms with Crippen molar-refractivity contribution in [3.8, 4) is 23.4 Å². The van der Waals surface area contributed by atoms with Crippen LogP contribution >= 0.6 is 11.6 Å². The van der Waals surface area contributed by atoms with Crippen LogP contribution in [0, 0.1) is 24.1 Å². The Labute approximate surface area is 182 Å². The molecule has 31 heavy (non-hydrogen) atoms. The van der Waals surface area contributed by atoms with E-state index in [2.05, 4.69) is 16.3 Å². The summed E-state index contributed by atoms with van der Waals surface area (Å²) in [6, 6.07) is 11.6. The summed E-state index contributed by atoms with van der Waals surface area (Å²) in [7, 11) is 1.48. The SMILES string of the molecule is COc1cc([C@@H]2C(C#N)=C(N)Oc3n[nH]c(C)c32)cc(Cl)c1OCc1cccc(F)c1. The van der Waals surface area contributed by atoms with Crippen LogP contribution in [0.1, 0.15) is 28.3 Å². The molecule has 7 nitrogen and oxygen atoms in total. The fourth-order valence-corrected chi connectivity index (χ4v) is 3.83. The third-order valence-electron chi connectivity index (χ3n) is 4.99. The average molecular weight is 441 g/mol. The standard InChI is InChI=1S/C22H18ClFN4O3/c1-11-18-19(15(9-25)21(26)31-22(18)28-27-11)13-7-16(23)20(17(8-13)29-2)30-10-12-4-3-5-14(24)6-12/h3-8,19H,10,26H2,1-2H3,(H,27,28)/t19-/m1/s1. The number of benzene rings is 2. The van der Waals surface area contributed by atoms with Gasteiger partial charge in [-0.2, -0.15) is 5.26 Å². The molecule has 0 spiro atoms. The van der Waals surface area contributed by atoms with Crippen LogP contribution in [0.15, 0.2) is 47.9 Å². The molecule has 0 saturated carbocycles. The minimum Gasteiger partial charge on any atom is -0.493 e. The Hall–Kier alpha value is -3.70. The van der Waals surface area contributed by atoms with Gasteiger partial charge in [-0.15, -0.1) is 5.10 Å². The molecule has 3 aromatic rings. The first-order valence-electron chi connectivity index (χ1n) is 9.30. The number of aryl methyl sites for hydroxylation is 1. The molecule has 1 aromatic heterocycles. The van der Waals surface area contributed by atoms with E-state index in [1.807, 2.05) is 6.92 Å². The first kappa shape index (κ1) is 20.6. The highest BCUT2D eigenvalue weighted by molar-refractivity contribution is 6.32. The normalized spacial score (nSPS) is 15.1. The quantitative estimate of drug-likeness (QED) is 0.612. The van der Waals surface area contributed by atoms with Crippen molar-refractivity contribution in [1.82, 2.24) is 10.2 Å². The van der Waals surface area contributed by atoms with E-state index in [0.717, 1.165) is 5.69 Å². The molecule has 9 heteroatoms. The lowest BCUT2D eigenvalue weighted by Crippen LogP contribution is -2.21. The summed E-state index contributed by atoms with van der Waals surface area (Å²) in [6.07, 6.45) is 0. The number of allylic oxidation sites excluding steroid dienone is 1. The Morgan fingerprint density at radius 3 is 2.87 bits per heavy atom. The molecule has 0 fully saturated rings. The fraction of sp³-hybridized carbons (Fsp3) is 0.182. The zero-order chi connectivity index (χ0) is 22.1. The number of fused-ring (bicyclic) bond motifs is 1. The highest BCUT2D eigenvalue weighted by Gasteiger charge is 2.35. The van der Waals surface area contributed by atoms with Crippen molar-refractivity contribution in [2.75, 3.05) is 7.11 Å². The number of methoxy groups -OCH3 is 1. The number of ether oxygens (including phenoxy) is 3. The van der Waals surface area contributed by atoms with E-state index in [1.54, 1.807) is 24.3 Å². The third kappa shape index (κ3) is 3.76. The minimum absolute atomic E-state index is 0.0204. The summed E-state index contributed by atoms with van der Waals surface area (Å²) in [6.45, 7) is 1.93. The van der Waals surface area contributed by atoms with E-state index in [-0.39, 0.29) is 28.9 Å². The predicted octanol–water partition coefficient (Wildman–Crippen LogP) is 4.32. The smallest absolute Gasteiger partial charge is 0.244 e. The van der Waals surface area contributed by atoms with Crippen molar-refractivity contribution in [3.05, 3.63) is 81.1 Å². The number of nitrogens with one attached hydrogen (secondary N) is 1. The monoisotopic (exact) mass is 440 g/mol. The molecule has 1 atom stereocenters. The van der Waals surface area contributed by atoms with Crippen LogP contribution in [0.25, 0.3) is 0 Å². The molecule has 1 aliphatic rings. The highest BCUT2D eigenvalue weighted by Crippen LogP contribution is 2.46. The topological polar surface area (TPSA) is 106 Å². The Morgan fingerprint density at radius 1 is 1.35 bits per heavy atom. The molecule has 4 rings (SSSR count). The number of hydrogen-bond donors (Lipinski definition) is 2. The van der Waals surface area contributed by atoms with Crippen molar-refractivity contribution in [2.45, 2.75) is 19.4 Å². The van der Waals surface area contributed by atoms with E-state index in [1.165, 1.54) is 19.2 Å². The molecule has 3 N–H and O–H groups in total. The molecule has 0 aliphatic carbocycles. The first-order valence-corrected chi connectivity index (χ1v) is 9.67. The van der Waals surface area contributed by atoms with Gasteiger partial charge in [-0.05, 0) is 42.3 Å². The summed E-state index contributed by atoms with van der Waals surface area (Å²) in [4.78, 5) is 0. The summed E-state index contributed by atoms with van der Waals surface area (Å²) in [5.41, 5.74) is 8.94. The van der Waals surface area contributed by atoms with Crippen molar-refractivity contribution in [2.24, 2.45) is 5.73 Å². The minimum atomic E-state index is -0.545. The molecule has 2 heterocycles. The van der Waals surface area contributed by atoms with Crippen LogP contribution in [0.4, 0.5) is 4.39 Å². The van der Waals surface area contributed by atoms with Crippen LogP contribution in [0.5, 0.6) is 17.4 Å². The second kappa shape index (κ2) is 8.20. The maximum absolute atomic E-state index is 13.4. The lowest BCUT2D eigenvalue weighted by molar-refractivity contribution is 0.284. The zero-order valence-corrected chi connectivity index (χ0v) is 17.5. The number of H-pyrrole nitrogens is 1. The number of halogens is 2. The number of aromatic nitrogens is 2. The van der Waals surface area contributed by atoms with Gasteiger partial charge >= 0.3 is 0 Å². The maximum atomic E-state index is 13.4. The van der Waals surface area contributed by atoms with Crippen LogP contribution in [-0.2, 0) is 6.61 Å². The van der Waals surface area contributed by atoms with Crippen molar-refractivity contribution in [1.29, 1.82) is 5.26 Å². The molecule has 1 aliphatic heterocycles. The van der Waals surface area contributed by atoms with Gasteiger partial charge in [0.1, 0.15) is 24.1 Å². The van der Waals surface area contributed by atoms with Gasteiger partial charge < -0.3 is 19.9 Å². The molecule has 0 amide bonds. The Balaban J connectivity index is 1.74. The Kier molecular flexibility index (Phi) is 5.44. The van der Waals surface area contributed by atoms with Gasteiger partial charge in [0.15, 0.2) is 11.5 Å². The zero-order valence-electron chi connectivity index (χ0n) is 16.7. The van der Waals surface area contributed by atoms with Crippen LogP contribution in [0.2, 0.25) is 5.02 Å². The van der Waals surface area contributed by atoms with Gasteiger partial charge in [-0.3, -0.25) is 5.10 Å². The van der Waals surface area contributed by atoms with E-state index < -0.39 is 5.92 Å². The van der Waals surface area contributed by atoms with Gasteiger partial charge in [0.05, 0.1) is 18.1 Å². The van der Waals surface area contributed by atoms with Crippen LogP contribution in [0.3, 0.4) is 0 Å². The summed E-state index contributed by atoms with van der Waals surface area (Å²) < 4.78 is 30.3. The highest BCUT2D eigenvalue weighted by atomic mass is 35.5. The van der Waals surface area contributed by atoms with Gasteiger partial charge in [-0.25, -0.2) is 4.39 Å². The number of nitrogens with zero attached hydrogens (tertiary/aromatic N) is 2. The second-order valence-electron chi connectivity index (χ2n) is 6.94.